The van der Waals surface area contributed by atoms with E-state index in [2.05, 4.69) is 15.0 Å². The lowest BCUT2D eigenvalue weighted by molar-refractivity contribution is -0.159. The summed E-state index contributed by atoms with van der Waals surface area (Å²) in [5.74, 6) is -3.32. The molecule has 1 amide bonds. The molecule has 3 aromatic heterocycles. The van der Waals surface area contributed by atoms with Crippen LogP contribution in [0.4, 0.5) is 0 Å². The molecule has 0 saturated carbocycles. The minimum absolute atomic E-state index is 0.00470. The number of nitrogens with zero attached hydrogens (tertiary/aromatic N) is 4. The third-order valence-electron chi connectivity index (χ3n) is 11.8. The Labute approximate surface area is 379 Å². The van der Waals surface area contributed by atoms with Gasteiger partial charge in [0.1, 0.15) is 48.6 Å². The van der Waals surface area contributed by atoms with Crippen LogP contribution in [0.15, 0.2) is 62.5 Å². The lowest BCUT2D eigenvalue weighted by atomic mass is 9.84. The average molecular weight is 909 g/mol. The van der Waals surface area contributed by atoms with Crippen molar-refractivity contribution in [1.29, 1.82) is 0 Å². The van der Waals surface area contributed by atoms with Gasteiger partial charge in [0, 0.05) is 66.2 Å². The van der Waals surface area contributed by atoms with Crippen LogP contribution >= 0.6 is 0 Å². The van der Waals surface area contributed by atoms with Crippen molar-refractivity contribution in [2.24, 2.45) is 29.6 Å². The van der Waals surface area contributed by atoms with E-state index in [1.165, 1.54) is 49.9 Å². The van der Waals surface area contributed by atoms with Crippen LogP contribution in [-0.4, -0.2) is 114 Å². The summed E-state index contributed by atoms with van der Waals surface area (Å²) in [5, 5.41) is 10.9. The Kier molecular flexibility index (Phi) is 20.2. The number of ether oxygens (including phenoxy) is 5. The Hall–Kier alpha value is -5.56. The fraction of sp³-hybridized carbons (Fsp3) is 0.574. The molecule has 18 nitrogen and oxygen atoms in total. The number of esters is 2. The van der Waals surface area contributed by atoms with Crippen molar-refractivity contribution >= 4 is 36.0 Å². The highest BCUT2D eigenvalue weighted by Crippen LogP contribution is 2.32. The summed E-state index contributed by atoms with van der Waals surface area (Å²) in [7, 11) is 6.14. The average Bonchev–Trinajstić information content (AvgIpc) is 4.08. The van der Waals surface area contributed by atoms with Gasteiger partial charge in [0.25, 0.3) is 0 Å². The number of rotatable bonds is 16. The maximum absolute atomic E-state index is 13.6. The topological polar surface area (TPSA) is 233 Å². The number of hydrogen-bond donors (Lipinski definition) is 1. The summed E-state index contributed by atoms with van der Waals surface area (Å²) >= 11 is 0. The van der Waals surface area contributed by atoms with Crippen LogP contribution in [0.2, 0.25) is 0 Å². The maximum atomic E-state index is 13.6. The predicted molar refractivity (Wildman–Crippen MR) is 235 cm³/mol. The molecule has 0 radical (unpaired) electrons. The van der Waals surface area contributed by atoms with Crippen molar-refractivity contribution in [2.45, 2.75) is 117 Å². The third-order valence-corrected chi connectivity index (χ3v) is 11.8. The number of allylic oxidation sites excluding steroid dienone is 1. The highest BCUT2D eigenvalue weighted by molar-refractivity contribution is 5.92. The van der Waals surface area contributed by atoms with Crippen molar-refractivity contribution in [3.63, 3.8) is 0 Å². The van der Waals surface area contributed by atoms with Gasteiger partial charge >= 0.3 is 11.9 Å². The molecule has 6 bridgehead atoms. The molecule has 65 heavy (non-hydrogen) atoms. The van der Waals surface area contributed by atoms with Crippen molar-refractivity contribution in [1.82, 2.24) is 19.9 Å². The monoisotopic (exact) mass is 908 g/mol. The van der Waals surface area contributed by atoms with Crippen LogP contribution in [0.3, 0.4) is 0 Å². The number of carbonyl (C=O) groups is 5. The summed E-state index contributed by atoms with van der Waals surface area (Å²) in [6.45, 7) is 10.3. The SMILES string of the molecule is CO[C@H]1C/C=C/c2nc(co2)-c2nc(co2)-c2nc(co2)[C@@H](OC)[C@@H](C)C(=O)/C=C/C[C@@H](O)CC(=O)O[C@@H](C[C@H](OC)[C@H](C)CCC(=O)[C@H](C)[C@H](OC(C)=O)[C@@H](C)/C=C/N(C)C=O)[C@@H]1C. The Balaban J connectivity index is 1.55. The number of oxazole rings is 3. The molecule has 18 heteroatoms. The molecule has 0 spiro atoms. The second-order valence-electron chi connectivity index (χ2n) is 16.7. The minimum Gasteiger partial charge on any atom is -0.462 e. The zero-order valence-electron chi connectivity index (χ0n) is 38.9. The number of hydrogen-bond acceptors (Lipinski definition) is 17. The van der Waals surface area contributed by atoms with Gasteiger partial charge in [-0.25, -0.2) is 15.0 Å². The van der Waals surface area contributed by atoms with E-state index >= 15 is 0 Å². The summed E-state index contributed by atoms with van der Waals surface area (Å²) in [5.41, 5.74) is 0.978. The van der Waals surface area contributed by atoms with Crippen molar-refractivity contribution in [3.05, 3.63) is 60.9 Å². The van der Waals surface area contributed by atoms with Crippen molar-refractivity contribution < 1.29 is 66.0 Å². The maximum Gasteiger partial charge on any atom is 0.308 e. The number of cyclic esters (lactones) is 1. The molecule has 356 valence electrons. The van der Waals surface area contributed by atoms with Gasteiger partial charge in [-0.15, -0.1) is 0 Å². The van der Waals surface area contributed by atoms with Gasteiger partial charge in [-0.3, -0.25) is 24.0 Å². The Morgan fingerprint density at radius 1 is 0.938 bits per heavy atom. The number of carbonyl (C=O) groups excluding carboxylic acids is 5. The summed E-state index contributed by atoms with van der Waals surface area (Å²) in [6, 6.07) is 0. The molecule has 0 saturated heterocycles. The van der Waals surface area contributed by atoms with Gasteiger partial charge in [0.2, 0.25) is 24.1 Å². The first kappa shape index (κ1) is 52.1. The quantitative estimate of drug-likeness (QED) is 0.116. The second kappa shape index (κ2) is 25.2. The molecule has 0 fully saturated rings. The molecule has 1 N–H and O–H groups in total. The lowest BCUT2D eigenvalue weighted by Gasteiger charge is -2.34. The molecule has 0 aliphatic carbocycles. The Bertz CT molecular complexity index is 2100. The summed E-state index contributed by atoms with van der Waals surface area (Å²) in [6.07, 6.45) is 10.8. The second-order valence-corrected chi connectivity index (χ2v) is 16.7. The number of ketones is 2. The van der Waals surface area contributed by atoms with E-state index in [0.29, 0.717) is 36.3 Å². The lowest BCUT2D eigenvalue weighted by Crippen LogP contribution is -2.39. The van der Waals surface area contributed by atoms with Crippen LogP contribution in [-0.2, 0) is 47.7 Å². The van der Waals surface area contributed by atoms with Crippen molar-refractivity contribution in [2.75, 3.05) is 28.4 Å². The van der Waals surface area contributed by atoms with Crippen LogP contribution < -0.4 is 0 Å². The predicted octanol–water partition coefficient (Wildman–Crippen LogP) is 6.75. The zero-order chi connectivity index (χ0) is 47.8. The summed E-state index contributed by atoms with van der Waals surface area (Å²) < 4.78 is 46.2. The number of amides is 1. The molecule has 4 rings (SSSR count). The largest absolute Gasteiger partial charge is 0.462 e. The molecular formula is C47H64N4O14. The first-order valence-corrected chi connectivity index (χ1v) is 21.7. The standard InChI is InChI=1S/C47H64N4O14/c1-27(17-18-38(56)29(3)44(64-32(6)53)28(2)19-20-51(7)26-52)40(59-9)22-41-31(5)39(58-8)15-12-16-42-48-35(24-61-42)46-50-36(25-63-46)47-49-34(23-62-47)45(60-10)30(4)37(55)14-11-13-33(54)21-43(57)65-41/h11-12,14,16,19-20,23-31,33,39-41,44-45,54H,13,15,17-18,21-22H2,1-10H3/b14-11+,16-12+,20-19+/t27-,28+,29+,30+,31-,33-,39+,40+,41+,44-,45+/m1/s1. The molecule has 11 atom stereocenters. The van der Waals surface area contributed by atoms with Gasteiger partial charge in [-0.05, 0) is 37.3 Å². The highest BCUT2D eigenvalue weighted by Gasteiger charge is 2.35. The van der Waals surface area contributed by atoms with E-state index < -0.39 is 66.3 Å². The van der Waals surface area contributed by atoms with Crippen LogP contribution in [0.25, 0.3) is 29.2 Å². The van der Waals surface area contributed by atoms with Crippen LogP contribution in [0.5, 0.6) is 0 Å². The van der Waals surface area contributed by atoms with Gasteiger partial charge < -0.3 is 46.9 Å². The molecule has 0 unspecified atom stereocenters. The zero-order valence-corrected chi connectivity index (χ0v) is 38.9. The Morgan fingerprint density at radius 2 is 1.62 bits per heavy atom. The van der Waals surface area contributed by atoms with E-state index in [4.69, 9.17) is 36.9 Å². The fourth-order valence-corrected chi connectivity index (χ4v) is 7.67. The van der Waals surface area contributed by atoms with E-state index in [1.54, 1.807) is 53.5 Å². The molecule has 1 aliphatic rings. The van der Waals surface area contributed by atoms with Crippen molar-refractivity contribution in [3.8, 4) is 23.2 Å². The first-order chi connectivity index (χ1) is 31.0. The minimum atomic E-state index is -1.16. The van der Waals surface area contributed by atoms with Gasteiger partial charge in [0.05, 0.1) is 36.6 Å². The normalized spacial score (nSPS) is 24.7. The number of aliphatic hydroxyl groups is 1. The molecular weight excluding hydrogens is 845 g/mol. The fourth-order valence-electron chi connectivity index (χ4n) is 7.67. The van der Waals surface area contributed by atoms with Gasteiger partial charge in [-0.1, -0.05) is 52.8 Å². The first-order valence-electron chi connectivity index (χ1n) is 21.7. The third kappa shape index (κ3) is 15.0. The highest BCUT2D eigenvalue weighted by atomic mass is 16.6. The van der Waals surface area contributed by atoms with E-state index in [-0.39, 0.29) is 66.8 Å². The van der Waals surface area contributed by atoms with Gasteiger partial charge in [-0.2, -0.15) is 0 Å². The van der Waals surface area contributed by atoms with Gasteiger partial charge in [0.15, 0.2) is 17.2 Å². The number of fused-ring (bicyclic) bond motifs is 8. The number of aromatic nitrogens is 3. The van der Waals surface area contributed by atoms with E-state index in [0.717, 1.165) is 0 Å². The smallest absolute Gasteiger partial charge is 0.308 e. The molecule has 1 aliphatic heterocycles. The summed E-state index contributed by atoms with van der Waals surface area (Å²) in [4.78, 5) is 78.2. The number of aliphatic hydroxyl groups excluding tert-OH is 1. The molecule has 3 aromatic rings. The Morgan fingerprint density at radius 3 is 2.29 bits per heavy atom. The number of methoxy groups -OCH3 is 3. The van der Waals surface area contributed by atoms with E-state index in [1.807, 2.05) is 26.8 Å². The molecule has 0 aromatic carbocycles. The number of Topliss-reactive ketones (excluding diaryl/α,β-unsaturated/α-hetero) is 1. The van der Waals surface area contributed by atoms with E-state index in [9.17, 15) is 29.1 Å². The molecule has 4 heterocycles. The van der Waals surface area contributed by atoms with Crippen LogP contribution in [0, 0.1) is 29.6 Å². The van der Waals surface area contributed by atoms with Crippen LogP contribution in [0.1, 0.15) is 97.8 Å².